The summed E-state index contributed by atoms with van der Waals surface area (Å²) >= 11 is 0. The van der Waals surface area contributed by atoms with Gasteiger partial charge in [0, 0.05) is 51.4 Å². The SMILES string of the molecule is CCNC(=NCC1CCCN(C(=O)OC(C)(C)C)C1)NC1CCN(C(C)C)CC1. The van der Waals surface area contributed by atoms with Gasteiger partial charge in [-0.2, -0.15) is 0 Å². The zero-order valence-electron chi connectivity index (χ0n) is 19.5. The molecule has 0 aromatic carbocycles. The number of likely N-dealkylation sites (tertiary alicyclic amines) is 2. The molecule has 29 heavy (non-hydrogen) atoms. The summed E-state index contributed by atoms with van der Waals surface area (Å²) < 4.78 is 5.54. The number of aliphatic imine (C=N–C) groups is 1. The van der Waals surface area contributed by atoms with Crippen LogP contribution in [0, 0.1) is 5.92 Å². The Morgan fingerprint density at radius 2 is 1.86 bits per heavy atom. The molecule has 2 N–H and O–H groups in total. The van der Waals surface area contributed by atoms with Crippen molar-refractivity contribution in [1.29, 1.82) is 0 Å². The summed E-state index contributed by atoms with van der Waals surface area (Å²) in [7, 11) is 0. The van der Waals surface area contributed by atoms with Crippen molar-refractivity contribution in [2.24, 2.45) is 10.9 Å². The first-order chi connectivity index (χ1) is 13.7. The van der Waals surface area contributed by atoms with Crippen LogP contribution in [-0.4, -0.2) is 78.8 Å². The number of ether oxygens (including phenoxy) is 1. The van der Waals surface area contributed by atoms with Crippen LogP contribution in [-0.2, 0) is 4.74 Å². The van der Waals surface area contributed by atoms with Crippen molar-refractivity contribution >= 4 is 12.1 Å². The quantitative estimate of drug-likeness (QED) is 0.539. The molecule has 1 atom stereocenters. The van der Waals surface area contributed by atoms with Crippen LogP contribution in [0.2, 0.25) is 0 Å². The predicted molar refractivity (Wildman–Crippen MR) is 119 cm³/mol. The summed E-state index contributed by atoms with van der Waals surface area (Å²) in [4.78, 5) is 21.6. The highest BCUT2D eigenvalue weighted by atomic mass is 16.6. The zero-order chi connectivity index (χ0) is 21.4. The molecule has 0 aromatic heterocycles. The molecule has 1 unspecified atom stereocenters. The third kappa shape index (κ3) is 8.41. The molecule has 2 rings (SSSR count). The van der Waals surface area contributed by atoms with Crippen molar-refractivity contribution in [2.45, 2.75) is 84.9 Å². The van der Waals surface area contributed by atoms with Crippen molar-refractivity contribution in [3.05, 3.63) is 0 Å². The van der Waals surface area contributed by atoms with E-state index in [2.05, 4.69) is 36.3 Å². The number of amides is 1. The van der Waals surface area contributed by atoms with E-state index < -0.39 is 5.60 Å². The highest BCUT2D eigenvalue weighted by Gasteiger charge is 2.28. The number of nitrogens with one attached hydrogen (secondary N) is 2. The van der Waals surface area contributed by atoms with E-state index in [0.29, 0.717) is 18.0 Å². The lowest BCUT2D eigenvalue weighted by atomic mass is 9.98. The summed E-state index contributed by atoms with van der Waals surface area (Å²) in [5, 5.41) is 7.02. The lowest BCUT2D eigenvalue weighted by Gasteiger charge is -2.35. The minimum absolute atomic E-state index is 0.201. The fraction of sp³-hybridized carbons (Fsp3) is 0.909. The van der Waals surface area contributed by atoms with Crippen LogP contribution in [0.4, 0.5) is 4.79 Å². The van der Waals surface area contributed by atoms with Gasteiger partial charge < -0.3 is 25.2 Å². The van der Waals surface area contributed by atoms with Gasteiger partial charge in [0.2, 0.25) is 0 Å². The van der Waals surface area contributed by atoms with Crippen molar-refractivity contribution in [2.75, 3.05) is 39.3 Å². The lowest BCUT2D eigenvalue weighted by Crippen LogP contribution is -2.50. The minimum atomic E-state index is -0.449. The van der Waals surface area contributed by atoms with E-state index in [9.17, 15) is 4.79 Å². The Balaban J connectivity index is 1.85. The van der Waals surface area contributed by atoms with Gasteiger partial charge in [0.1, 0.15) is 5.60 Å². The third-order valence-electron chi connectivity index (χ3n) is 5.62. The monoisotopic (exact) mass is 409 g/mol. The van der Waals surface area contributed by atoms with E-state index >= 15 is 0 Å². The molecular weight excluding hydrogens is 366 g/mol. The second-order valence-electron chi connectivity index (χ2n) is 9.70. The van der Waals surface area contributed by atoms with Crippen LogP contribution in [0.15, 0.2) is 4.99 Å². The van der Waals surface area contributed by atoms with E-state index in [-0.39, 0.29) is 6.09 Å². The van der Waals surface area contributed by atoms with Gasteiger partial charge in [-0.3, -0.25) is 4.99 Å². The molecule has 0 bridgehead atoms. The highest BCUT2D eigenvalue weighted by Crippen LogP contribution is 2.20. The molecule has 2 saturated heterocycles. The number of hydrogen-bond acceptors (Lipinski definition) is 4. The number of carbonyl (C=O) groups excluding carboxylic acids is 1. The Hall–Kier alpha value is -1.50. The van der Waals surface area contributed by atoms with Gasteiger partial charge in [0.25, 0.3) is 0 Å². The summed E-state index contributed by atoms with van der Waals surface area (Å²) in [6, 6.07) is 1.10. The van der Waals surface area contributed by atoms with E-state index in [1.165, 1.54) is 0 Å². The molecule has 7 nitrogen and oxygen atoms in total. The number of hydrogen-bond donors (Lipinski definition) is 2. The first-order valence-electron chi connectivity index (χ1n) is 11.4. The van der Waals surface area contributed by atoms with Crippen LogP contribution >= 0.6 is 0 Å². The number of piperidine rings is 2. The molecule has 0 spiro atoms. The summed E-state index contributed by atoms with van der Waals surface area (Å²) in [5.74, 6) is 1.29. The standard InChI is InChI=1S/C22H43N5O2/c1-7-23-20(25-19-10-13-26(14-11-19)17(2)3)24-15-18-9-8-12-27(16-18)21(28)29-22(4,5)6/h17-19H,7-16H2,1-6H3,(H2,23,24,25). The average Bonchev–Trinajstić information content (AvgIpc) is 2.65. The van der Waals surface area contributed by atoms with Crippen LogP contribution in [0.3, 0.4) is 0 Å². The molecule has 2 fully saturated rings. The van der Waals surface area contributed by atoms with E-state index in [1.807, 2.05) is 25.7 Å². The molecule has 2 heterocycles. The molecule has 2 aliphatic heterocycles. The minimum Gasteiger partial charge on any atom is -0.444 e. The molecule has 0 saturated carbocycles. The normalized spacial score (nSPS) is 22.7. The first kappa shape index (κ1) is 23.8. The third-order valence-corrected chi connectivity index (χ3v) is 5.62. The van der Waals surface area contributed by atoms with Crippen molar-refractivity contribution in [3.8, 4) is 0 Å². The predicted octanol–water partition coefficient (Wildman–Crippen LogP) is 3.06. The second kappa shape index (κ2) is 11.0. The number of carbonyl (C=O) groups is 1. The van der Waals surface area contributed by atoms with Gasteiger partial charge >= 0.3 is 6.09 Å². The van der Waals surface area contributed by atoms with Gasteiger partial charge in [0.05, 0.1) is 0 Å². The number of guanidine groups is 1. The Morgan fingerprint density at radius 1 is 1.17 bits per heavy atom. The Bertz CT molecular complexity index is 536. The van der Waals surface area contributed by atoms with Crippen LogP contribution in [0.5, 0.6) is 0 Å². The number of nitrogens with zero attached hydrogens (tertiary/aromatic N) is 3. The van der Waals surface area contributed by atoms with Crippen molar-refractivity contribution in [1.82, 2.24) is 20.4 Å². The average molecular weight is 410 g/mol. The van der Waals surface area contributed by atoms with Gasteiger partial charge in [-0.25, -0.2) is 4.79 Å². The van der Waals surface area contributed by atoms with Crippen molar-refractivity contribution < 1.29 is 9.53 Å². The van der Waals surface area contributed by atoms with Crippen molar-refractivity contribution in [3.63, 3.8) is 0 Å². The molecule has 0 radical (unpaired) electrons. The Kier molecular flexibility index (Phi) is 9.05. The fourth-order valence-corrected chi connectivity index (χ4v) is 4.00. The van der Waals surface area contributed by atoms with Gasteiger partial charge in [-0.1, -0.05) is 0 Å². The van der Waals surface area contributed by atoms with Crippen LogP contribution in [0.1, 0.15) is 67.2 Å². The Labute approximate surface area is 177 Å². The summed E-state index contributed by atoms with van der Waals surface area (Å²) in [5.41, 5.74) is -0.449. The van der Waals surface area contributed by atoms with E-state index in [0.717, 1.165) is 70.9 Å². The largest absolute Gasteiger partial charge is 0.444 e. The van der Waals surface area contributed by atoms with Gasteiger partial charge in [-0.15, -0.1) is 0 Å². The molecular formula is C22H43N5O2. The maximum atomic E-state index is 12.4. The Morgan fingerprint density at radius 3 is 2.45 bits per heavy atom. The summed E-state index contributed by atoms with van der Waals surface area (Å²) in [6.07, 6.45) is 4.22. The topological polar surface area (TPSA) is 69.2 Å². The second-order valence-corrected chi connectivity index (χ2v) is 9.70. The highest BCUT2D eigenvalue weighted by molar-refractivity contribution is 5.80. The van der Waals surface area contributed by atoms with Crippen LogP contribution < -0.4 is 10.6 Å². The molecule has 0 aliphatic carbocycles. The molecule has 2 aliphatic rings. The number of rotatable bonds is 5. The van der Waals surface area contributed by atoms with E-state index in [1.54, 1.807) is 0 Å². The van der Waals surface area contributed by atoms with Crippen LogP contribution in [0.25, 0.3) is 0 Å². The molecule has 7 heteroatoms. The molecule has 0 aromatic rings. The maximum Gasteiger partial charge on any atom is 0.410 e. The molecule has 168 valence electrons. The van der Waals surface area contributed by atoms with Gasteiger partial charge in [0.15, 0.2) is 5.96 Å². The van der Waals surface area contributed by atoms with E-state index in [4.69, 9.17) is 9.73 Å². The first-order valence-corrected chi connectivity index (χ1v) is 11.4. The van der Waals surface area contributed by atoms with Gasteiger partial charge in [-0.05, 0) is 73.1 Å². The smallest absolute Gasteiger partial charge is 0.410 e. The molecule has 1 amide bonds. The fourth-order valence-electron chi connectivity index (χ4n) is 4.00. The maximum absolute atomic E-state index is 12.4. The zero-order valence-corrected chi connectivity index (χ0v) is 19.5. The summed E-state index contributed by atoms with van der Waals surface area (Å²) in [6.45, 7) is 17.8. The lowest BCUT2D eigenvalue weighted by molar-refractivity contribution is 0.0170.